The molecule has 4 aromatic heterocycles. The van der Waals surface area contributed by atoms with Gasteiger partial charge in [-0.15, -0.1) is 0 Å². The maximum absolute atomic E-state index is 14.0. The molecule has 2 aliphatic heterocycles. The monoisotopic (exact) mass is 637 g/mol. The number of hydrogen-bond acceptors (Lipinski definition) is 10. The second-order valence-electron chi connectivity index (χ2n) is 11.4. The molecule has 6 heterocycles. The number of ether oxygens (including phenoxy) is 2. The highest BCUT2D eigenvalue weighted by Crippen LogP contribution is 2.40. The molecule has 240 valence electrons. The Bertz CT molecular complexity index is 1930. The smallest absolute Gasteiger partial charge is 0.451 e. The van der Waals surface area contributed by atoms with E-state index in [-0.39, 0.29) is 41.8 Å². The molecule has 2 fully saturated rings. The van der Waals surface area contributed by atoms with Crippen molar-refractivity contribution < 1.29 is 37.0 Å². The van der Waals surface area contributed by atoms with Crippen molar-refractivity contribution in [3.63, 3.8) is 0 Å². The number of fused-ring (bicyclic) bond motifs is 3. The van der Waals surface area contributed by atoms with Gasteiger partial charge in [-0.1, -0.05) is 12.1 Å². The second kappa shape index (κ2) is 11.5. The largest absolute Gasteiger partial charge is 0.480 e. The van der Waals surface area contributed by atoms with Gasteiger partial charge in [0.25, 0.3) is 0 Å². The molecule has 0 spiro atoms. The van der Waals surface area contributed by atoms with Gasteiger partial charge in [-0.05, 0) is 32.0 Å². The quantitative estimate of drug-likeness (QED) is 0.258. The van der Waals surface area contributed by atoms with Gasteiger partial charge < -0.3 is 28.8 Å². The van der Waals surface area contributed by atoms with Crippen LogP contribution in [0.4, 0.5) is 24.7 Å². The predicted molar refractivity (Wildman–Crippen MR) is 161 cm³/mol. The number of benzene rings is 1. The molecule has 0 amide bonds. The highest BCUT2D eigenvalue weighted by molar-refractivity contribution is 6.06. The van der Waals surface area contributed by atoms with E-state index in [1.807, 2.05) is 30.8 Å². The molecular formula is C31H30F3N7O5. The minimum absolute atomic E-state index is 0.00142. The van der Waals surface area contributed by atoms with E-state index in [0.717, 1.165) is 11.1 Å². The number of morpholine rings is 1. The van der Waals surface area contributed by atoms with Crippen LogP contribution in [-0.2, 0) is 22.3 Å². The van der Waals surface area contributed by atoms with E-state index in [2.05, 4.69) is 25.0 Å². The van der Waals surface area contributed by atoms with E-state index in [4.69, 9.17) is 13.9 Å². The van der Waals surface area contributed by atoms with Crippen LogP contribution in [0.25, 0.3) is 33.2 Å². The number of aliphatic carboxylic acids is 1. The standard InChI is InChI=1S/C31H30F3N7O5/c1-3-39-14-19(13-36-39)18-10-22(40-8-9-44-16-17(40)2)28(35-12-18)45-20-11-23(29(42)43)41(15-20)27-26-25(37-30(38-27)31(32,33)34)21-6-4-5-7-24(21)46-26/h4-7,10,12-14,17,20,23H,3,8-9,11,15-16H2,1-2H3,(H,42,43)/t17-,20-,23-/m0/s1. The van der Waals surface area contributed by atoms with Gasteiger partial charge in [-0.25, -0.2) is 19.7 Å². The molecule has 3 atom stereocenters. The number of carboxylic acids is 1. The van der Waals surface area contributed by atoms with Gasteiger partial charge in [0.2, 0.25) is 11.7 Å². The average Bonchev–Trinajstić information content (AvgIpc) is 3.78. The molecule has 5 aromatic rings. The molecule has 7 rings (SSSR count). The van der Waals surface area contributed by atoms with Crippen molar-refractivity contribution in [1.82, 2.24) is 24.7 Å². The fourth-order valence-electron chi connectivity index (χ4n) is 6.07. The van der Waals surface area contributed by atoms with Gasteiger partial charge in [-0.3, -0.25) is 4.68 Å². The van der Waals surface area contributed by atoms with Crippen LogP contribution in [0.5, 0.6) is 5.88 Å². The van der Waals surface area contributed by atoms with Gasteiger partial charge in [0.15, 0.2) is 11.4 Å². The van der Waals surface area contributed by atoms with Gasteiger partial charge in [-0.2, -0.15) is 18.3 Å². The number of carbonyl (C=O) groups is 1. The zero-order chi connectivity index (χ0) is 32.2. The van der Waals surface area contributed by atoms with Crippen molar-refractivity contribution in [3.8, 4) is 17.0 Å². The maximum atomic E-state index is 14.0. The topological polar surface area (TPSA) is 132 Å². The first-order valence-electron chi connectivity index (χ1n) is 14.9. The Balaban J connectivity index is 1.27. The molecule has 46 heavy (non-hydrogen) atoms. The molecule has 1 N–H and O–H groups in total. The Kier molecular flexibility index (Phi) is 7.42. The number of anilines is 2. The van der Waals surface area contributed by atoms with E-state index < -0.39 is 30.1 Å². The van der Waals surface area contributed by atoms with Crippen LogP contribution in [0.2, 0.25) is 0 Å². The summed E-state index contributed by atoms with van der Waals surface area (Å²) in [6.45, 7) is 6.23. The number of pyridine rings is 1. The minimum atomic E-state index is -4.88. The van der Waals surface area contributed by atoms with Gasteiger partial charge >= 0.3 is 12.1 Å². The zero-order valence-corrected chi connectivity index (χ0v) is 24.9. The lowest BCUT2D eigenvalue weighted by Gasteiger charge is -2.36. The lowest BCUT2D eigenvalue weighted by atomic mass is 10.1. The van der Waals surface area contributed by atoms with Crippen molar-refractivity contribution in [2.24, 2.45) is 0 Å². The third-order valence-electron chi connectivity index (χ3n) is 8.35. The summed E-state index contributed by atoms with van der Waals surface area (Å²) in [5.74, 6) is -2.60. The summed E-state index contributed by atoms with van der Waals surface area (Å²) < 4.78 is 61.8. The molecule has 1 aromatic carbocycles. The molecule has 0 saturated carbocycles. The number of hydrogen-bond donors (Lipinski definition) is 1. The number of nitrogens with zero attached hydrogens (tertiary/aromatic N) is 7. The van der Waals surface area contributed by atoms with Crippen molar-refractivity contribution in [1.29, 1.82) is 0 Å². The van der Waals surface area contributed by atoms with E-state index in [1.54, 1.807) is 36.7 Å². The van der Waals surface area contributed by atoms with Crippen LogP contribution in [0.15, 0.2) is 53.3 Å². The van der Waals surface area contributed by atoms with Crippen molar-refractivity contribution >= 4 is 39.5 Å². The number of rotatable bonds is 7. The van der Waals surface area contributed by atoms with Gasteiger partial charge in [0, 0.05) is 54.5 Å². The molecule has 2 saturated heterocycles. The van der Waals surface area contributed by atoms with E-state index >= 15 is 0 Å². The summed E-state index contributed by atoms with van der Waals surface area (Å²) in [7, 11) is 0. The van der Waals surface area contributed by atoms with Crippen LogP contribution >= 0.6 is 0 Å². The Morgan fingerprint density at radius 2 is 1.98 bits per heavy atom. The Hall–Kier alpha value is -4.92. The summed E-state index contributed by atoms with van der Waals surface area (Å²) >= 11 is 0. The first-order chi connectivity index (χ1) is 22.1. The third-order valence-corrected chi connectivity index (χ3v) is 8.35. The lowest BCUT2D eigenvalue weighted by molar-refractivity contribution is -0.144. The highest BCUT2D eigenvalue weighted by atomic mass is 19.4. The van der Waals surface area contributed by atoms with Crippen LogP contribution in [0.1, 0.15) is 26.1 Å². The SMILES string of the molecule is CCn1cc(-c2cnc(O[C@H]3C[C@@H](C(=O)O)N(c4nc(C(F)(F)F)nc5c4oc4ccccc45)C3)c(N3CCOC[C@@H]3C)c2)cn1. The van der Waals surface area contributed by atoms with Crippen LogP contribution in [-0.4, -0.2) is 80.3 Å². The molecular weight excluding hydrogens is 607 g/mol. The zero-order valence-electron chi connectivity index (χ0n) is 24.9. The van der Waals surface area contributed by atoms with Gasteiger partial charge in [0.05, 0.1) is 26.0 Å². The number of aromatic nitrogens is 5. The number of halogens is 3. The highest BCUT2D eigenvalue weighted by Gasteiger charge is 2.43. The molecule has 12 nitrogen and oxygen atoms in total. The first kappa shape index (κ1) is 29.8. The van der Waals surface area contributed by atoms with Crippen LogP contribution in [0, 0.1) is 0 Å². The summed E-state index contributed by atoms with van der Waals surface area (Å²) in [6, 6.07) is 7.26. The minimum Gasteiger partial charge on any atom is -0.480 e. The van der Waals surface area contributed by atoms with E-state index in [0.29, 0.717) is 43.0 Å². The second-order valence-corrected chi connectivity index (χ2v) is 11.4. The Morgan fingerprint density at radius 3 is 2.72 bits per heavy atom. The normalized spacial score (nSPS) is 20.6. The van der Waals surface area contributed by atoms with Crippen molar-refractivity contribution in [2.45, 2.75) is 51.2 Å². The number of aryl methyl sites for hydroxylation is 1. The number of carboxylic acid groups (broad SMARTS) is 1. The summed E-state index contributed by atoms with van der Waals surface area (Å²) in [5, 5.41) is 14.9. The Labute approximate surface area is 260 Å². The number of furan rings is 1. The summed E-state index contributed by atoms with van der Waals surface area (Å²) in [5.41, 5.74) is 2.63. The molecule has 2 aliphatic rings. The average molecular weight is 638 g/mol. The van der Waals surface area contributed by atoms with Crippen molar-refractivity contribution in [3.05, 3.63) is 54.7 Å². The number of para-hydroxylation sites is 1. The van der Waals surface area contributed by atoms with Crippen LogP contribution in [0.3, 0.4) is 0 Å². The molecule has 15 heteroatoms. The molecule has 0 aliphatic carbocycles. The van der Waals surface area contributed by atoms with Gasteiger partial charge in [0.1, 0.15) is 28.9 Å². The predicted octanol–water partition coefficient (Wildman–Crippen LogP) is 5.01. The molecule has 0 bridgehead atoms. The number of alkyl halides is 3. The summed E-state index contributed by atoms with van der Waals surface area (Å²) in [4.78, 5) is 28.2. The molecule has 0 radical (unpaired) electrons. The summed E-state index contributed by atoms with van der Waals surface area (Å²) in [6.07, 6.45) is -0.311. The molecule has 0 unspecified atom stereocenters. The van der Waals surface area contributed by atoms with Crippen LogP contribution < -0.4 is 14.5 Å². The maximum Gasteiger partial charge on any atom is 0.451 e. The lowest BCUT2D eigenvalue weighted by Crippen LogP contribution is -2.44. The third kappa shape index (κ3) is 5.33. The van der Waals surface area contributed by atoms with E-state index in [9.17, 15) is 23.1 Å². The fraction of sp³-hybridized carbons (Fsp3) is 0.387. The Morgan fingerprint density at radius 1 is 1.15 bits per heavy atom. The van der Waals surface area contributed by atoms with E-state index in [1.165, 1.54) is 4.90 Å². The van der Waals surface area contributed by atoms with Crippen molar-refractivity contribution in [2.75, 3.05) is 36.1 Å². The fourth-order valence-corrected chi connectivity index (χ4v) is 6.07. The first-order valence-corrected chi connectivity index (χ1v) is 14.9.